The number of sulfone groups is 1. The van der Waals surface area contributed by atoms with E-state index in [1.54, 1.807) is 24.3 Å². The van der Waals surface area contributed by atoms with Crippen LogP contribution in [0.4, 0.5) is 0 Å². The second-order valence-corrected chi connectivity index (χ2v) is 8.90. The molecule has 3 rings (SSSR count). The normalized spacial score (nSPS) is 17.1. The van der Waals surface area contributed by atoms with Gasteiger partial charge in [0.1, 0.15) is 0 Å². The van der Waals surface area contributed by atoms with E-state index in [9.17, 15) is 16.8 Å². The first-order chi connectivity index (χ1) is 9.28. The van der Waals surface area contributed by atoms with Crippen molar-refractivity contribution in [3.63, 3.8) is 0 Å². The van der Waals surface area contributed by atoms with Gasteiger partial charge in [-0.3, -0.25) is 0 Å². The van der Waals surface area contributed by atoms with Crippen molar-refractivity contribution in [3.05, 3.63) is 53.3 Å². The van der Waals surface area contributed by atoms with Crippen LogP contribution in [0.5, 0.6) is 0 Å². The Morgan fingerprint density at radius 1 is 1.00 bits per heavy atom. The molecule has 0 N–H and O–H groups in total. The van der Waals surface area contributed by atoms with Gasteiger partial charge in [0.15, 0.2) is 9.84 Å². The molecule has 0 saturated heterocycles. The number of hydrogen-bond acceptors (Lipinski definition) is 4. The second kappa shape index (κ2) is 4.20. The van der Waals surface area contributed by atoms with Gasteiger partial charge in [0.05, 0.1) is 16.4 Å². The van der Waals surface area contributed by atoms with Crippen molar-refractivity contribution in [2.75, 3.05) is 0 Å². The molecule has 5 nitrogen and oxygen atoms in total. The molecule has 0 fully saturated rings. The first kappa shape index (κ1) is 13.4. The number of benzene rings is 1. The van der Waals surface area contributed by atoms with Gasteiger partial charge in [-0.2, -0.15) is 0 Å². The molecule has 0 radical (unpaired) electrons. The van der Waals surface area contributed by atoms with Crippen molar-refractivity contribution < 1.29 is 16.8 Å². The Morgan fingerprint density at radius 3 is 2.00 bits per heavy atom. The summed E-state index contributed by atoms with van der Waals surface area (Å²) in [4.78, 5) is 0.194. The van der Waals surface area contributed by atoms with E-state index in [4.69, 9.17) is 0 Å². The van der Waals surface area contributed by atoms with E-state index in [2.05, 4.69) is 0 Å². The molecule has 7 heteroatoms. The lowest BCUT2D eigenvalue weighted by molar-refractivity contribution is 0.586. The maximum absolute atomic E-state index is 12.4. The Balaban J connectivity index is 2.04. The molecule has 1 aliphatic heterocycles. The molecule has 0 bridgehead atoms. The first-order valence-corrected chi connectivity index (χ1v) is 9.26. The summed E-state index contributed by atoms with van der Waals surface area (Å²) in [6.45, 7) is 1.88. The number of aromatic nitrogens is 1. The summed E-state index contributed by atoms with van der Waals surface area (Å²) in [5.74, 6) is -0.169. The van der Waals surface area contributed by atoms with Crippen LogP contribution < -0.4 is 0 Å². The van der Waals surface area contributed by atoms with Gasteiger partial charge < -0.3 is 0 Å². The Morgan fingerprint density at radius 2 is 1.50 bits per heavy atom. The van der Waals surface area contributed by atoms with E-state index < -0.39 is 19.9 Å². The van der Waals surface area contributed by atoms with Gasteiger partial charge in [-0.25, -0.2) is 20.8 Å². The van der Waals surface area contributed by atoms with Crippen molar-refractivity contribution in [2.45, 2.75) is 23.3 Å². The highest BCUT2D eigenvalue weighted by Gasteiger charge is 2.29. The fraction of sp³-hybridized carbons (Fsp3) is 0.231. The summed E-state index contributed by atoms with van der Waals surface area (Å²) < 4.78 is 48.9. The predicted octanol–water partition coefficient (Wildman–Crippen LogP) is 1.46. The van der Waals surface area contributed by atoms with Crippen LogP contribution in [0.15, 0.2) is 41.6 Å². The van der Waals surface area contributed by atoms with Crippen LogP contribution in [0.1, 0.15) is 16.7 Å². The molecular weight excluding hydrogens is 298 g/mol. The topological polar surface area (TPSA) is 73.2 Å². The van der Waals surface area contributed by atoms with E-state index in [0.29, 0.717) is 11.1 Å². The lowest BCUT2D eigenvalue weighted by Gasteiger charge is -2.06. The minimum atomic E-state index is -3.65. The number of nitrogens with zero attached hydrogens (tertiary/aromatic N) is 1. The van der Waals surface area contributed by atoms with Crippen molar-refractivity contribution in [1.82, 2.24) is 3.97 Å². The van der Waals surface area contributed by atoms with Crippen molar-refractivity contribution >= 4 is 19.9 Å². The molecule has 1 aromatic carbocycles. The maximum atomic E-state index is 12.4. The molecule has 2 aromatic rings. The Hall–Kier alpha value is -1.60. The molecule has 0 aliphatic carbocycles. The van der Waals surface area contributed by atoms with E-state index in [1.165, 1.54) is 12.4 Å². The molecule has 2 heterocycles. The maximum Gasteiger partial charge on any atom is 0.267 e. The minimum absolute atomic E-state index is 0.0846. The highest BCUT2D eigenvalue weighted by Crippen LogP contribution is 2.27. The zero-order chi connectivity index (χ0) is 14.5. The fourth-order valence-electron chi connectivity index (χ4n) is 2.27. The van der Waals surface area contributed by atoms with E-state index in [-0.39, 0.29) is 16.4 Å². The second-order valence-electron chi connectivity index (χ2n) is 4.99. The van der Waals surface area contributed by atoms with Crippen LogP contribution in [-0.4, -0.2) is 20.8 Å². The van der Waals surface area contributed by atoms with Crippen LogP contribution in [0.3, 0.4) is 0 Å². The monoisotopic (exact) mass is 311 g/mol. The van der Waals surface area contributed by atoms with Gasteiger partial charge in [-0.1, -0.05) is 17.7 Å². The van der Waals surface area contributed by atoms with Gasteiger partial charge >= 0.3 is 0 Å². The standard InChI is InChI=1S/C13H13NO4S2/c1-10-2-4-13(5-3-10)20(17,18)14-6-11-8-19(15,16)9-12(11)7-14/h2-7H,8-9H2,1H3. The smallest absolute Gasteiger partial charge is 0.248 e. The molecule has 0 amide bonds. The average Bonchev–Trinajstić information content (AvgIpc) is 2.83. The van der Waals surface area contributed by atoms with Gasteiger partial charge in [0.25, 0.3) is 10.0 Å². The quantitative estimate of drug-likeness (QED) is 0.841. The SMILES string of the molecule is Cc1ccc(S(=O)(=O)n2cc3c(c2)CS(=O)(=O)C3)cc1. The van der Waals surface area contributed by atoms with Gasteiger partial charge in [0.2, 0.25) is 0 Å². The van der Waals surface area contributed by atoms with Crippen molar-refractivity contribution in [1.29, 1.82) is 0 Å². The lowest BCUT2D eigenvalue weighted by Crippen LogP contribution is -2.11. The zero-order valence-corrected chi connectivity index (χ0v) is 12.4. The highest BCUT2D eigenvalue weighted by atomic mass is 32.2. The Labute approximate surface area is 117 Å². The fourth-order valence-corrected chi connectivity index (χ4v) is 5.09. The van der Waals surface area contributed by atoms with Crippen LogP contribution in [-0.2, 0) is 31.4 Å². The summed E-state index contributed by atoms with van der Waals surface area (Å²) in [6, 6.07) is 6.56. The number of hydrogen-bond donors (Lipinski definition) is 0. The number of aryl methyl sites for hydroxylation is 1. The van der Waals surface area contributed by atoms with Crippen LogP contribution in [0.25, 0.3) is 0 Å². The van der Waals surface area contributed by atoms with Gasteiger partial charge in [-0.05, 0) is 30.2 Å². The summed E-state index contributed by atoms with van der Waals surface area (Å²) in [7, 11) is -6.75. The minimum Gasteiger partial charge on any atom is -0.248 e. The average molecular weight is 311 g/mol. The zero-order valence-electron chi connectivity index (χ0n) is 10.8. The first-order valence-electron chi connectivity index (χ1n) is 6.00. The Bertz CT molecular complexity index is 845. The number of rotatable bonds is 2. The van der Waals surface area contributed by atoms with Crippen LogP contribution >= 0.6 is 0 Å². The summed E-state index contributed by atoms with van der Waals surface area (Å²) >= 11 is 0. The van der Waals surface area contributed by atoms with E-state index in [1.807, 2.05) is 6.92 Å². The van der Waals surface area contributed by atoms with E-state index in [0.717, 1.165) is 9.54 Å². The molecule has 0 saturated carbocycles. The highest BCUT2D eigenvalue weighted by molar-refractivity contribution is 7.90. The summed E-state index contributed by atoms with van der Waals surface area (Å²) in [5, 5.41) is 0. The Kier molecular flexibility index (Phi) is 2.81. The van der Waals surface area contributed by atoms with E-state index >= 15 is 0 Å². The third-order valence-corrected chi connectivity index (χ3v) is 6.46. The predicted molar refractivity (Wildman–Crippen MR) is 74.5 cm³/mol. The molecule has 0 atom stereocenters. The summed E-state index contributed by atoms with van der Waals surface area (Å²) in [6.07, 6.45) is 2.80. The summed E-state index contributed by atoms with van der Waals surface area (Å²) in [5.41, 5.74) is 2.12. The van der Waals surface area contributed by atoms with Crippen LogP contribution in [0, 0.1) is 6.92 Å². The molecule has 0 unspecified atom stereocenters. The molecular formula is C13H13NO4S2. The molecule has 1 aliphatic rings. The molecule has 1 aromatic heterocycles. The third-order valence-electron chi connectivity index (χ3n) is 3.33. The van der Waals surface area contributed by atoms with Crippen LogP contribution in [0.2, 0.25) is 0 Å². The molecule has 20 heavy (non-hydrogen) atoms. The molecule has 0 spiro atoms. The van der Waals surface area contributed by atoms with Gasteiger partial charge in [0, 0.05) is 12.4 Å². The van der Waals surface area contributed by atoms with Gasteiger partial charge in [-0.15, -0.1) is 0 Å². The third kappa shape index (κ3) is 2.16. The largest absolute Gasteiger partial charge is 0.267 e. The number of fused-ring (bicyclic) bond motifs is 1. The lowest BCUT2D eigenvalue weighted by atomic mass is 10.2. The molecule has 106 valence electrons. The van der Waals surface area contributed by atoms with Crippen molar-refractivity contribution in [2.24, 2.45) is 0 Å². The van der Waals surface area contributed by atoms with Crippen molar-refractivity contribution in [3.8, 4) is 0 Å².